The normalized spacial score (nSPS) is 14.5. The fourth-order valence-corrected chi connectivity index (χ4v) is 0.352. The number of aliphatic imine (C=N–C) groups is 1. The molecule has 0 spiro atoms. The van der Waals surface area contributed by atoms with Crippen molar-refractivity contribution >= 4 is 5.71 Å². The van der Waals surface area contributed by atoms with E-state index in [9.17, 15) is 4.39 Å². The summed E-state index contributed by atoms with van der Waals surface area (Å²) in [6.07, 6.45) is 1.39. The van der Waals surface area contributed by atoms with Crippen molar-refractivity contribution < 1.29 is 4.39 Å². The highest BCUT2D eigenvalue weighted by Gasteiger charge is 1.82. The zero-order valence-electron chi connectivity index (χ0n) is 5.40. The van der Waals surface area contributed by atoms with Crippen LogP contribution in [0.3, 0.4) is 0 Å². The first-order chi connectivity index (χ1) is 3.66. The van der Waals surface area contributed by atoms with Crippen LogP contribution in [0.1, 0.15) is 13.8 Å². The number of nitrogens with zero attached hydrogens (tertiary/aromatic N) is 1. The Balaban J connectivity index is 3.89. The number of rotatable bonds is 1. The van der Waals surface area contributed by atoms with Gasteiger partial charge in [0.2, 0.25) is 0 Å². The van der Waals surface area contributed by atoms with E-state index in [1.54, 1.807) is 14.0 Å². The van der Waals surface area contributed by atoms with Crippen molar-refractivity contribution in [1.82, 2.24) is 0 Å². The molecule has 2 heteroatoms. The molecule has 0 amide bonds. The summed E-state index contributed by atoms with van der Waals surface area (Å²) >= 11 is 0. The molecule has 0 aromatic carbocycles. The Kier molecular flexibility index (Phi) is 3.08. The first-order valence-electron chi connectivity index (χ1n) is 2.44. The van der Waals surface area contributed by atoms with Crippen LogP contribution in [-0.4, -0.2) is 12.8 Å². The third kappa shape index (κ3) is 3.53. The molecule has 0 aromatic rings. The average Bonchev–Trinajstić information content (AvgIpc) is 1.65. The zero-order chi connectivity index (χ0) is 6.57. The Labute approximate surface area is 48.9 Å². The third-order valence-electron chi connectivity index (χ3n) is 0.760. The highest BCUT2D eigenvalue weighted by molar-refractivity contribution is 5.92. The molecule has 0 aliphatic rings. The second-order valence-corrected chi connectivity index (χ2v) is 1.60. The molecule has 0 atom stereocenters. The Morgan fingerprint density at radius 2 is 2.00 bits per heavy atom. The molecule has 0 aliphatic carbocycles. The number of halogens is 1. The smallest absolute Gasteiger partial charge is 0.0986 e. The topological polar surface area (TPSA) is 12.4 Å². The molecule has 1 nitrogen and oxygen atoms in total. The predicted molar refractivity (Wildman–Crippen MR) is 33.9 cm³/mol. The molecule has 0 rings (SSSR count). The van der Waals surface area contributed by atoms with Crippen LogP contribution in [0.2, 0.25) is 0 Å². The van der Waals surface area contributed by atoms with Crippen molar-refractivity contribution in [2.24, 2.45) is 4.99 Å². The maximum atomic E-state index is 11.9. The van der Waals surface area contributed by atoms with E-state index in [0.29, 0.717) is 5.71 Å². The van der Waals surface area contributed by atoms with E-state index < -0.39 is 0 Å². The second kappa shape index (κ2) is 3.36. The Bertz CT molecular complexity index is 120. The predicted octanol–water partition coefficient (Wildman–Crippen LogP) is 1.95. The van der Waals surface area contributed by atoms with Crippen molar-refractivity contribution in [3.63, 3.8) is 0 Å². The van der Waals surface area contributed by atoms with Crippen molar-refractivity contribution in [2.45, 2.75) is 13.8 Å². The largest absolute Gasteiger partial charge is 0.293 e. The van der Waals surface area contributed by atoms with E-state index >= 15 is 0 Å². The van der Waals surface area contributed by atoms with Crippen LogP contribution in [0.5, 0.6) is 0 Å². The van der Waals surface area contributed by atoms with Gasteiger partial charge in [0.25, 0.3) is 0 Å². The number of hydrogen-bond donors (Lipinski definition) is 0. The molecule has 0 aliphatic heterocycles. The summed E-state index contributed by atoms with van der Waals surface area (Å²) in [6.45, 7) is 3.15. The molecule has 0 heterocycles. The molecule has 0 bridgehead atoms. The summed E-state index contributed by atoms with van der Waals surface area (Å²) in [5, 5.41) is 0. The highest BCUT2D eigenvalue weighted by atomic mass is 19.1. The van der Waals surface area contributed by atoms with Gasteiger partial charge in [-0.25, -0.2) is 4.39 Å². The minimum absolute atomic E-state index is 0.201. The average molecular weight is 115 g/mol. The van der Waals surface area contributed by atoms with Crippen LogP contribution in [0, 0.1) is 0 Å². The summed E-state index contributed by atoms with van der Waals surface area (Å²) in [5.41, 5.74) is 0.713. The molecule has 0 N–H and O–H groups in total. The number of allylic oxidation sites excluding steroid dienone is 2. The van der Waals surface area contributed by atoms with Crippen LogP contribution in [0.15, 0.2) is 16.9 Å². The Hall–Kier alpha value is -0.660. The fraction of sp³-hybridized carbons (Fsp3) is 0.500. The lowest BCUT2D eigenvalue weighted by atomic mass is 10.4. The van der Waals surface area contributed by atoms with Gasteiger partial charge in [-0.05, 0) is 19.9 Å². The lowest BCUT2D eigenvalue weighted by molar-refractivity contribution is 0.642. The van der Waals surface area contributed by atoms with Crippen LogP contribution >= 0.6 is 0 Å². The lowest BCUT2D eigenvalue weighted by Gasteiger charge is -1.84. The van der Waals surface area contributed by atoms with Gasteiger partial charge >= 0.3 is 0 Å². The summed E-state index contributed by atoms with van der Waals surface area (Å²) in [7, 11) is 1.63. The molecule has 0 saturated carbocycles. The first kappa shape index (κ1) is 7.34. The monoisotopic (exact) mass is 115 g/mol. The summed E-state index contributed by atoms with van der Waals surface area (Å²) < 4.78 is 11.9. The molecule has 0 unspecified atom stereocenters. The third-order valence-corrected chi connectivity index (χ3v) is 0.760. The van der Waals surface area contributed by atoms with Gasteiger partial charge in [-0.2, -0.15) is 0 Å². The van der Waals surface area contributed by atoms with Gasteiger partial charge in [-0.3, -0.25) is 4.99 Å². The Morgan fingerprint density at radius 1 is 1.50 bits per heavy atom. The Morgan fingerprint density at radius 3 is 2.12 bits per heavy atom. The van der Waals surface area contributed by atoms with E-state index in [2.05, 4.69) is 4.99 Å². The standard InChI is InChI=1S/C6H10FN/c1-5(7)4-6(2)8-3/h4H,1-3H3/b5-4-,8-6?. The van der Waals surface area contributed by atoms with Gasteiger partial charge in [0.1, 0.15) is 0 Å². The minimum atomic E-state index is -0.201. The molecule has 46 valence electrons. The molecule has 8 heavy (non-hydrogen) atoms. The summed E-state index contributed by atoms with van der Waals surface area (Å²) in [4.78, 5) is 3.73. The highest BCUT2D eigenvalue weighted by Crippen LogP contribution is 1.92. The van der Waals surface area contributed by atoms with E-state index in [1.807, 2.05) is 0 Å². The van der Waals surface area contributed by atoms with Crippen LogP contribution in [0.4, 0.5) is 4.39 Å². The van der Waals surface area contributed by atoms with Crippen LogP contribution < -0.4 is 0 Å². The fourth-order valence-electron chi connectivity index (χ4n) is 0.352. The minimum Gasteiger partial charge on any atom is -0.293 e. The molecule has 0 aromatic heterocycles. The van der Waals surface area contributed by atoms with Crippen LogP contribution in [0.25, 0.3) is 0 Å². The van der Waals surface area contributed by atoms with E-state index in [-0.39, 0.29) is 5.83 Å². The van der Waals surface area contributed by atoms with Crippen molar-refractivity contribution in [3.8, 4) is 0 Å². The molecule has 0 saturated heterocycles. The molecular weight excluding hydrogens is 105 g/mol. The van der Waals surface area contributed by atoms with E-state index in [0.717, 1.165) is 0 Å². The molecular formula is C6H10FN. The lowest BCUT2D eigenvalue weighted by Crippen LogP contribution is -1.82. The zero-order valence-corrected chi connectivity index (χ0v) is 5.40. The van der Waals surface area contributed by atoms with E-state index in [4.69, 9.17) is 0 Å². The van der Waals surface area contributed by atoms with E-state index in [1.165, 1.54) is 13.0 Å². The molecule has 0 fully saturated rings. The van der Waals surface area contributed by atoms with Gasteiger partial charge < -0.3 is 0 Å². The van der Waals surface area contributed by atoms with Crippen molar-refractivity contribution in [1.29, 1.82) is 0 Å². The van der Waals surface area contributed by atoms with Gasteiger partial charge in [-0.15, -0.1) is 0 Å². The van der Waals surface area contributed by atoms with Crippen LogP contribution in [-0.2, 0) is 0 Å². The number of hydrogen-bond acceptors (Lipinski definition) is 1. The van der Waals surface area contributed by atoms with Crippen molar-refractivity contribution in [3.05, 3.63) is 11.9 Å². The van der Waals surface area contributed by atoms with Gasteiger partial charge in [0.05, 0.1) is 5.83 Å². The maximum Gasteiger partial charge on any atom is 0.0986 e. The second-order valence-electron chi connectivity index (χ2n) is 1.60. The SMILES string of the molecule is CN=C(C)/C=C(/C)F. The van der Waals surface area contributed by atoms with Gasteiger partial charge in [0, 0.05) is 12.8 Å². The first-order valence-corrected chi connectivity index (χ1v) is 2.44. The van der Waals surface area contributed by atoms with Gasteiger partial charge in [-0.1, -0.05) is 0 Å². The van der Waals surface area contributed by atoms with Gasteiger partial charge in [0.15, 0.2) is 0 Å². The van der Waals surface area contributed by atoms with Crippen molar-refractivity contribution in [2.75, 3.05) is 7.05 Å². The maximum absolute atomic E-state index is 11.9. The molecule has 0 radical (unpaired) electrons. The summed E-state index contributed by atoms with van der Waals surface area (Å²) in [5.74, 6) is -0.201. The summed E-state index contributed by atoms with van der Waals surface area (Å²) in [6, 6.07) is 0. The quantitative estimate of drug-likeness (QED) is 0.463.